The molecule has 0 unspecified atom stereocenters. The first-order valence-corrected chi connectivity index (χ1v) is 7.30. The number of aryl methyl sites for hydroxylation is 2. The first-order valence-electron chi connectivity index (χ1n) is 7.30. The number of fused-ring (bicyclic) bond motifs is 1. The number of hydrogen-bond acceptors (Lipinski definition) is 2. The molecule has 0 aromatic carbocycles. The molecule has 5 heteroatoms. The largest absolute Gasteiger partial charge is 0.348 e. The Bertz CT molecular complexity index is 878. The van der Waals surface area contributed by atoms with Crippen molar-refractivity contribution in [3.05, 3.63) is 73.2 Å². The zero-order valence-electron chi connectivity index (χ0n) is 12.1. The van der Waals surface area contributed by atoms with E-state index in [4.69, 9.17) is 0 Å². The molecule has 22 heavy (non-hydrogen) atoms. The average Bonchev–Trinajstić information content (AvgIpc) is 3.21. The molecule has 1 N–H and O–H groups in total. The monoisotopic (exact) mass is 290 g/mol. The molecule has 0 aliphatic rings. The average molecular weight is 290 g/mol. The lowest BCUT2D eigenvalue weighted by molar-refractivity contribution is -0.684. The van der Waals surface area contributed by atoms with Crippen molar-refractivity contribution in [1.82, 2.24) is 19.4 Å². The normalized spacial score (nSPS) is 11.1. The molecule has 0 aliphatic carbocycles. The molecule has 0 radical (unpaired) electrons. The molecule has 0 fully saturated rings. The molecular weight excluding hydrogens is 274 g/mol. The van der Waals surface area contributed by atoms with Crippen molar-refractivity contribution in [1.29, 1.82) is 0 Å². The van der Waals surface area contributed by atoms with E-state index in [-0.39, 0.29) is 0 Å². The number of nitrogens with zero attached hydrogens (tertiary/aromatic N) is 4. The lowest BCUT2D eigenvalue weighted by Gasteiger charge is -2.01. The summed E-state index contributed by atoms with van der Waals surface area (Å²) in [5.41, 5.74) is 3.26. The quantitative estimate of drug-likeness (QED) is 0.586. The van der Waals surface area contributed by atoms with E-state index in [0.717, 1.165) is 35.7 Å². The number of hydrogen-bond donors (Lipinski definition) is 1. The third-order valence-electron chi connectivity index (χ3n) is 3.75. The highest BCUT2D eigenvalue weighted by atomic mass is 15.1. The van der Waals surface area contributed by atoms with Crippen molar-refractivity contribution in [3.63, 3.8) is 0 Å². The van der Waals surface area contributed by atoms with Gasteiger partial charge in [-0.05, 0) is 24.3 Å². The van der Waals surface area contributed by atoms with Crippen LogP contribution < -0.4 is 4.57 Å². The van der Waals surface area contributed by atoms with E-state index in [9.17, 15) is 0 Å². The van der Waals surface area contributed by atoms with Gasteiger partial charge in [0.2, 0.25) is 0 Å². The van der Waals surface area contributed by atoms with Crippen LogP contribution in [0.15, 0.2) is 67.5 Å². The van der Waals surface area contributed by atoms with E-state index in [0.29, 0.717) is 0 Å². The molecular formula is C17H16N5+. The van der Waals surface area contributed by atoms with Crippen LogP contribution >= 0.6 is 0 Å². The fourth-order valence-corrected chi connectivity index (χ4v) is 2.71. The van der Waals surface area contributed by atoms with Crippen molar-refractivity contribution in [2.75, 3.05) is 0 Å². The highest BCUT2D eigenvalue weighted by Crippen LogP contribution is 2.16. The summed E-state index contributed by atoms with van der Waals surface area (Å²) in [6, 6.07) is 12.2. The SMILES string of the molecule is c1ccc(-c2n3ccccc3c[n+]2CCc2cnc[nH]2)nc1. The number of nitrogens with one attached hydrogen (secondary N) is 1. The van der Waals surface area contributed by atoms with Gasteiger partial charge in [-0.2, -0.15) is 4.40 Å². The van der Waals surface area contributed by atoms with Crippen molar-refractivity contribution in [2.24, 2.45) is 0 Å². The smallest absolute Gasteiger partial charge is 0.312 e. The summed E-state index contributed by atoms with van der Waals surface area (Å²) < 4.78 is 4.42. The molecule has 0 aliphatic heterocycles. The second-order valence-electron chi connectivity index (χ2n) is 5.18. The third kappa shape index (κ3) is 2.26. The maximum absolute atomic E-state index is 4.52. The summed E-state index contributed by atoms with van der Waals surface area (Å²) in [5.74, 6) is 1.09. The Morgan fingerprint density at radius 3 is 2.91 bits per heavy atom. The Morgan fingerprint density at radius 2 is 2.09 bits per heavy atom. The summed E-state index contributed by atoms with van der Waals surface area (Å²) in [5, 5.41) is 0. The van der Waals surface area contributed by atoms with E-state index in [2.05, 4.69) is 48.4 Å². The summed E-state index contributed by atoms with van der Waals surface area (Å²) in [6.45, 7) is 0.871. The van der Waals surface area contributed by atoms with E-state index >= 15 is 0 Å². The maximum Gasteiger partial charge on any atom is 0.312 e. The van der Waals surface area contributed by atoms with Crippen LogP contribution in [0.2, 0.25) is 0 Å². The minimum Gasteiger partial charge on any atom is -0.348 e. The zero-order valence-corrected chi connectivity index (χ0v) is 12.1. The van der Waals surface area contributed by atoms with Gasteiger partial charge in [-0.1, -0.05) is 12.1 Å². The number of H-pyrrole nitrogens is 1. The van der Waals surface area contributed by atoms with Gasteiger partial charge in [-0.25, -0.2) is 14.5 Å². The molecule has 5 nitrogen and oxygen atoms in total. The Morgan fingerprint density at radius 1 is 1.14 bits per heavy atom. The van der Waals surface area contributed by atoms with Crippen LogP contribution in [0.1, 0.15) is 5.69 Å². The first kappa shape index (κ1) is 12.8. The Labute approximate surface area is 127 Å². The molecule has 4 aromatic rings. The second-order valence-corrected chi connectivity index (χ2v) is 5.18. The summed E-state index contributed by atoms with van der Waals surface area (Å²) in [6.07, 6.45) is 10.6. The fraction of sp³-hybridized carbons (Fsp3) is 0.118. The molecule has 0 bridgehead atoms. The van der Waals surface area contributed by atoms with Gasteiger partial charge < -0.3 is 4.98 Å². The fourth-order valence-electron chi connectivity index (χ4n) is 2.71. The van der Waals surface area contributed by atoms with Crippen LogP contribution in [0, 0.1) is 0 Å². The summed E-state index contributed by atoms with van der Waals surface area (Å²) >= 11 is 0. The molecule has 4 heterocycles. The number of imidazole rings is 2. The van der Waals surface area contributed by atoms with Crippen LogP contribution in [0.3, 0.4) is 0 Å². The third-order valence-corrected chi connectivity index (χ3v) is 3.75. The van der Waals surface area contributed by atoms with Crippen molar-refractivity contribution in [2.45, 2.75) is 13.0 Å². The summed E-state index contributed by atoms with van der Waals surface area (Å²) in [7, 11) is 0. The number of aromatic nitrogens is 5. The van der Waals surface area contributed by atoms with Gasteiger partial charge in [0.25, 0.3) is 0 Å². The predicted octanol–water partition coefficient (Wildman–Crippen LogP) is 2.25. The van der Waals surface area contributed by atoms with E-state index in [1.807, 2.05) is 36.7 Å². The predicted molar refractivity (Wildman–Crippen MR) is 83.1 cm³/mol. The molecule has 0 saturated heterocycles. The van der Waals surface area contributed by atoms with Crippen LogP contribution in [0.4, 0.5) is 0 Å². The molecule has 0 spiro atoms. The van der Waals surface area contributed by atoms with Gasteiger partial charge in [-0.15, -0.1) is 0 Å². The van der Waals surface area contributed by atoms with Crippen LogP contribution in [-0.4, -0.2) is 19.4 Å². The number of aromatic amines is 1. The number of rotatable bonds is 4. The van der Waals surface area contributed by atoms with Gasteiger partial charge in [-0.3, -0.25) is 0 Å². The first-order chi connectivity index (χ1) is 10.9. The molecule has 4 rings (SSSR count). The van der Waals surface area contributed by atoms with Crippen molar-refractivity contribution < 1.29 is 4.57 Å². The van der Waals surface area contributed by atoms with Crippen LogP contribution in [-0.2, 0) is 13.0 Å². The highest BCUT2D eigenvalue weighted by Gasteiger charge is 2.20. The topological polar surface area (TPSA) is 49.9 Å². The van der Waals surface area contributed by atoms with Crippen LogP contribution in [0.5, 0.6) is 0 Å². The van der Waals surface area contributed by atoms with E-state index in [1.54, 1.807) is 6.33 Å². The van der Waals surface area contributed by atoms with Crippen molar-refractivity contribution in [3.8, 4) is 11.5 Å². The number of pyridine rings is 2. The molecule has 0 amide bonds. The van der Waals surface area contributed by atoms with Gasteiger partial charge in [0.15, 0.2) is 11.2 Å². The van der Waals surface area contributed by atoms with Crippen LogP contribution in [0.25, 0.3) is 17.0 Å². The van der Waals surface area contributed by atoms with Gasteiger partial charge in [0.1, 0.15) is 6.20 Å². The molecule has 4 aromatic heterocycles. The Kier molecular flexibility index (Phi) is 3.16. The highest BCUT2D eigenvalue weighted by molar-refractivity contribution is 5.55. The van der Waals surface area contributed by atoms with E-state index in [1.165, 1.54) is 0 Å². The Balaban J connectivity index is 1.79. The Hall–Kier alpha value is -2.95. The van der Waals surface area contributed by atoms with Gasteiger partial charge >= 0.3 is 5.82 Å². The lowest BCUT2D eigenvalue weighted by Crippen LogP contribution is -2.35. The maximum atomic E-state index is 4.52. The molecule has 0 saturated carbocycles. The minimum absolute atomic E-state index is 0.871. The lowest BCUT2D eigenvalue weighted by atomic mass is 10.3. The minimum atomic E-state index is 0.871. The second kappa shape index (κ2) is 5.44. The zero-order chi connectivity index (χ0) is 14.8. The standard InChI is InChI=1S/C17H16N5/c1-3-8-19-16(6-1)17-21(10-7-14-11-18-13-20-14)12-15-5-2-4-9-22(15)17/h1-6,8-9,11-13H,7,10H2,(H,18,20)/q+1. The molecule has 108 valence electrons. The molecule has 0 atom stereocenters. The van der Waals surface area contributed by atoms with Crippen molar-refractivity contribution >= 4 is 5.52 Å². The van der Waals surface area contributed by atoms with Gasteiger partial charge in [0.05, 0.1) is 19.1 Å². The summed E-state index contributed by atoms with van der Waals surface area (Å²) in [4.78, 5) is 11.7. The van der Waals surface area contributed by atoms with E-state index < -0.39 is 0 Å². The van der Waals surface area contributed by atoms with Gasteiger partial charge in [0, 0.05) is 24.5 Å².